The van der Waals surface area contributed by atoms with Crippen LogP contribution in [0.5, 0.6) is 5.75 Å². The molecule has 0 saturated carbocycles. The number of para-hydroxylation sites is 1. The van der Waals surface area contributed by atoms with Gasteiger partial charge in [0.15, 0.2) is 6.10 Å². The highest BCUT2D eigenvalue weighted by molar-refractivity contribution is 7.17. The minimum atomic E-state index is -0.735. The van der Waals surface area contributed by atoms with Gasteiger partial charge in [-0.3, -0.25) is 9.59 Å². The van der Waals surface area contributed by atoms with Crippen LogP contribution in [0.4, 0.5) is 10.7 Å². The van der Waals surface area contributed by atoms with Crippen molar-refractivity contribution in [3.05, 3.63) is 75.2 Å². The summed E-state index contributed by atoms with van der Waals surface area (Å²) in [7, 11) is 0. The molecule has 4 rings (SSSR count). The molecule has 0 radical (unpaired) electrons. The van der Waals surface area contributed by atoms with E-state index in [1.54, 1.807) is 38.1 Å². The third kappa shape index (κ3) is 6.55. The standard InChI is InChI=1S/C32H38N2O5S/c1-6-21-10-9-11-22(7-2)28(21)33-29(35)20(5)39-24-15-13-23(14-16-24)30(36)34-31-27(32(37)38-8-3)25-17-12-19(4)18-26(25)40-31/h9-11,13-16,19-20H,6-8,12,17-18H2,1-5H3,(H,33,35)(H,34,36)/t19-,20-/m1/s1. The van der Waals surface area contributed by atoms with Gasteiger partial charge in [0.05, 0.1) is 12.2 Å². The molecule has 1 heterocycles. The van der Waals surface area contributed by atoms with E-state index in [0.717, 1.165) is 59.4 Å². The average molecular weight is 563 g/mol. The van der Waals surface area contributed by atoms with Gasteiger partial charge < -0.3 is 20.1 Å². The Morgan fingerprint density at radius 2 is 1.68 bits per heavy atom. The van der Waals surface area contributed by atoms with E-state index in [2.05, 4.69) is 31.4 Å². The summed E-state index contributed by atoms with van der Waals surface area (Å²) in [5.41, 5.74) is 4.93. The summed E-state index contributed by atoms with van der Waals surface area (Å²) < 4.78 is 11.2. The zero-order valence-corrected chi connectivity index (χ0v) is 24.7. The molecular weight excluding hydrogens is 524 g/mol. The maximum Gasteiger partial charge on any atom is 0.341 e. The Hall–Kier alpha value is -3.65. The SMILES string of the molecule is CCOC(=O)c1c(NC(=O)c2ccc(O[C@H](C)C(=O)Nc3c(CC)cccc3CC)cc2)sc2c1CC[C@@H](C)C2. The van der Waals surface area contributed by atoms with Crippen molar-refractivity contribution in [1.82, 2.24) is 0 Å². The lowest BCUT2D eigenvalue weighted by atomic mass is 9.88. The Labute approximate surface area is 240 Å². The van der Waals surface area contributed by atoms with Gasteiger partial charge in [0.2, 0.25) is 0 Å². The van der Waals surface area contributed by atoms with E-state index in [4.69, 9.17) is 9.47 Å². The lowest BCUT2D eigenvalue weighted by molar-refractivity contribution is -0.122. The fourth-order valence-corrected chi connectivity index (χ4v) is 6.40. The average Bonchev–Trinajstić information content (AvgIpc) is 3.30. The molecule has 7 nitrogen and oxygen atoms in total. The van der Waals surface area contributed by atoms with Crippen molar-refractivity contribution in [3.8, 4) is 5.75 Å². The van der Waals surface area contributed by atoms with Crippen LogP contribution in [0.3, 0.4) is 0 Å². The van der Waals surface area contributed by atoms with Crippen molar-refractivity contribution in [2.24, 2.45) is 5.92 Å². The van der Waals surface area contributed by atoms with Crippen molar-refractivity contribution < 1.29 is 23.9 Å². The fraction of sp³-hybridized carbons (Fsp3) is 0.406. The number of nitrogens with one attached hydrogen (secondary N) is 2. The molecule has 0 spiro atoms. The largest absolute Gasteiger partial charge is 0.481 e. The number of carbonyl (C=O) groups is 3. The molecule has 1 aliphatic rings. The molecule has 0 unspecified atom stereocenters. The smallest absolute Gasteiger partial charge is 0.341 e. The van der Waals surface area contributed by atoms with Gasteiger partial charge in [-0.15, -0.1) is 11.3 Å². The predicted molar refractivity (Wildman–Crippen MR) is 160 cm³/mol. The predicted octanol–water partition coefficient (Wildman–Crippen LogP) is 6.83. The molecule has 0 saturated heterocycles. The normalized spacial score (nSPS) is 15.1. The summed E-state index contributed by atoms with van der Waals surface area (Å²) in [4.78, 5) is 40.0. The maximum absolute atomic E-state index is 13.1. The molecule has 0 aliphatic heterocycles. The first kappa shape index (κ1) is 29.3. The molecule has 2 atom stereocenters. The monoisotopic (exact) mass is 562 g/mol. The molecule has 212 valence electrons. The Balaban J connectivity index is 1.43. The van der Waals surface area contributed by atoms with Crippen molar-refractivity contribution in [3.63, 3.8) is 0 Å². The van der Waals surface area contributed by atoms with E-state index in [9.17, 15) is 14.4 Å². The third-order valence-electron chi connectivity index (χ3n) is 7.26. The Morgan fingerprint density at radius 1 is 1.00 bits per heavy atom. The number of ether oxygens (including phenoxy) is 2. The van der Waals surface area contributed by atoms with Gasteiger partial charge in [0.25, 0.3) is 11.8 Å². The van der Waals surface area contributed by atoms with E-state index in [1.807, 2.05) is 18.2 Å². The number of esters is 1. The van der Waals surface area contributed by atoms with Gasteiger partial charge in [-0.2, -0.15) is 0 Å². The van der Waals surface area contributed by atoms with Crippen molar-refractivity contribution in [2.45, 2.75) is 72.8 Å². The van der Waals surface area contributed by atoms with E-state index in [-0.39, 0.29) is 18.4 Å². The number of hydrogen-bond donors (Lipinski definition) is 2. The van der Waals surface area contributed by atoms with Crippen LogP contribution in [-0.4, -0.2) is 30.5 Å². The second kappa shape index (κ2) is 13.1. The van der Waals surface area contributed by atoms with Gasteiger partial charge in [-0.1, -0.05) is 39.0 Å². The summed E-state index contributed by atoms with van der Waals surface area (Å²) in [5.74, 6) is 0.0644. The van der Waals surface area contributed by atoms with Gasteiger partial charge in [-0.05, 0) is 92.8 Å². The highest BCUT2D eigenvalue weighted by atomic mass is 32.1. The summed E-state index contributed by atoms with van der Waals surface area (Å²) in [6.07, 6.45) is 3.60. The molecule has 3 aromatic rings. The highest BCUT2D eigenvalue weighted by Gasteiger charge is 2.29. The zero-order chi connectivity index (χ0) is 28.8. The van der Waals surface area contributed by atoms with E-state index < -0.39 is 12.1 Å². The molecule has 2 N–H and O–H groups in total. The third-order valence-corrected chi connectivity index (χ3v) is 8.43. The van der Waals surface area contributed by atoms with E-state index in [0.29, 0.717) is 27.8 Å². The van der Waals surface area contributed by atoms with Gasteiger partial charge in [0, 0.05) is 16.1 Å². The van der Waals surface area contributed by atoms with Gasteiger partial charge >= 0.3 is 5.97 Å². The second-order valence-corrected chi connectivity index (χ2v) is 11.3. The zero-order valence-electron chi connectivity index (χ0n) is 23.9. The molecule has 2 amide bonds. The lowest BCUT2D eigenvalue weighted by Gasteiger charge is -2.18. The second-order valence-electron chi connectivity index (χ2n) is 10.2. The van der Waals surface area contributed by atoms with Crippen LogP contribution < -0.4 is 15.4 Å². The number of fused-ring (bicyclic) bond motifs is 1. The van der Waals surface area contributed by atoms with Crippen LogP contribution in [-0.2, 0) is 35.2 Å². The molecule has 8 heteroatoms. The topological polar surface area (TPSA) is 93.7 Å². The van der Waals surface area contributed by atoms with E-state index in [1.165, 1.54) is 11.3 Å². The maximum atomic E-state index is 13.1. The van der Waals surface area contributed by atoms with Gasteiger partial charge in [0.1, 0.15) is 10.8 Å². The quantitative estimate of drug-likeness (QED) is 0.264. The first-order valence-electron chi connectivity index (χ1n) is 14.1. The van der Waals surface area contributed by atoms with Crippen LogP contribution in [0.15, 0.2) is 42.5 Å². The number of rotatable bonds is 10. The van der Waals surface area contributed by atoms with Gasteiger partial charge in [-0.25, -0.2) is 4.79 Å². The summed E-state index contributed by atoms with van der Waals surface area (Å²) in [5, 5.41) is 6.51. The van der Waals surface area contributed by atoms with E-state index >= 15 is 0 Å². The van der Waals surface area contributed by atoms with Crippen molar-refractivity contribution in [1.29, 1.82) is 0 Å². The molecule has 2 aromatic carbocycles. The first-order valence-corrected chi connectivity index (χ1v) is 14.9. The first-order chi connectivity index (χ1) is 19.2. The van der Waals surface area contributed by atoms with Crippen molar-refractivity contribution in [2.75, 3.05) is 17.2 Å². The van der Waals surface area contributed by atoms with Crippen LogP contribution >= 0.6 is 11.3 Å². The minimum absolute atomic E-state index is 0.236. The van der Waals surface area contributed by atoms with Crippen molar-refractivity contribution >= 4 is 39.8 Å². The Bertz CT molecular complexity index is 1360. The number of anilines is 2. The molecule has 0 bridgehead atoms. The Morgan fingerprint density at radius 3 is 2.30 bits per heavy atom. The van der Waals surface area contributed by atoms with Crippen LogP contribution in [0.2, 0.25) is 0 Å². The Kier molecular flexibility index (Phi) is 9.63. The number of hydrogen-bond acceptors (Lipinski definition) is 6. The summed E-state index contributed by atoms with van der Waals surface area (Å²) in [6, 6.07) is 12.7. The van der Waals surface area contributed by atoms with Crippen LogP contribution in [0.25, 0.3) is 0 Å². The lowest BCUT2D eigenvalue weighted by Crippen LogP contribution is -2.31. The number of aryl methyl sites for hydroxylation is 2. The van der Waals surface area contributed by atoms with Crippen LogP contribution in [0, 0.1) is 5.92 Å². The minimum Gasteiger partial charge on any atom is -0.481 e. The molecule has 0 fully saturated rings. The highest BCUT2D eigenvalue weighted by Crippen LogP contribution is 2.40. The number of amides is 2. The molecule has 1 aromatic heterocycles. The number of carbonyl (C=O) groups excluding carboxylic acids is 3. The summed E-state index contributed by atoms with van der Waals surface area (Å²) in [6.45, 7) is 10.1. The summed E-state index contributed by atoms with van der Waals surface area (Å²) >= 11 is 1.46. The molecule has 40 heavy (non-hydrogen) atoms. The number of thiophene rings is 1. The fourth-order valence-electron chi connectivity index (χ4n) is 5.00. The molecular formula is C32H38N2O5S. The van der Waals surface area contributed by atoms with Crippen LogP contribution in [0.1, 0.15) is 83.3 Å². The number of benzene rings is 2. The molecule has 1 aliphatic carbocycles.